The fourth-order valence-corrected chi connectivity index (χ4v) is 2.02. The number of amides is 1. The van der Waals surface area contributed by atoms with E-state index in [9.17, 15) is 9.59 Å². The number of hydrogen-bond acceptors (Lipinski definition) is 5. The van der Waals surface area contributed by atoms with Crippen LogP contribution in [0.1, 0.15) is 30.3 Å². The number of carboxylic acid groups (broad SMARTS) is 1. The van der Waals surface area contributed by atoms with Crippen LogP contribution in [0.2, 0.25) is 0 Å². The quantitative estimate of drug-likeness (QED) is 0.773. The molecule has 1 fully saturated rings. The molecule has 0 bridgehead atoms. The number of ether oxygens (including phenoxy) is 1. The zero-order valence-electron chi connectivity index (χ0n) is 10.6. The normalized spacial score (nSPS) is 23.0. The van der Waals surface area contributed by atoms with E-state index in [1.807, 2.05) is 6.92 Å². The van der Waals surface area contributed by atoms with Gasteiger partial charge in [0.15, 0.2) is 5.69 Å². The zero-order valence-corrected chi connectivity index (χ0v) is 10.6. The van der Waals surface area contributed by atoms with Gasteiger partial charge in [-0.3, -0.25) is 4.79 Å². The maximum absolute atomic E-state index is 11.8. The van der Waals surface area contributed by atoms with Crippen LogP contribution in [0.25, 0.3) is 0 Å². The predicted molar refractivity (Wildman–Crippen MR) is 63.6 cm³/mol. The first-order valence-corrected chi connectivity index (χ1v) is 6.09. The third kappa shape index (κ3) is 3.75. The number of aromatic nitrogens is 3. The third-order valence-corrected chi connectivity index (χ3v) is 2.91. The molecule has 1 aliphatic rings. The number of aromatic carboxylic acids is 1. The van der Waals surface area contributed by atoms with Crippen LogP contribution in [0.5, 0.6) is 0 Å². The molecule has 0 aliphatic carbocycles. The van der Waals surface area contributed by atoms with Gasteiger partial charge in [0.25, 0.3) is 0 Å². The molecule has 19 heavy (non-hydrogen) atoms. The van der Waals surface area contributed by atoms with Gasteiger partial charge in [-0.15, -0.1) is 5.10 Å². The minimum atomic E-state index is -1.16. The zero-order chi connectivity index (χ0) is 13.8. The second-order valence-electron chi connectivity index (χ2n) is 4.58. The summed E-state index contributed by atoms with van der Waals surface area (Å²) >= 11 is 0. The largest absolute Gasteiger partial charge is 0.476 e. The molecule has 2 N–H and O–H groups in total. The first-order chi connectivity index (χ1) is 9.04. The minimum absolute atomic E-state index is 0.0357. The van der Waals surface area contributed by atoms with Crippen LogP contribution < -0.4 is 5.32 Å². The molecule has 2 heterocycles. The maximum Gasteiger partial charge on any atom is 0.358 e. The van der Waals surface area contributed by atoms with Gasteiger partial charge in [0, 0.05) is 12.6 Å². The van der Waals surface area contributed by atoms with E-state index in [1.54, 1.807) is 0 Å². The van der Waals surface area contributed by atoms with Crippen LogP contribution in [-0.2, 0) is 16.1 Å². The Morgan fingerprint density at radius 1 is 1.63 bits per heavy atom. The lowest BCUT2D eigenvalue weighted by molar-refractivity contribution is -0.123. The predicted octanol–water partition coefficient (Wildman–Crippen LogP) is -0.340. The lowest BCUT2D eigenvalue weighted by Crippen LogP contribution is -2.42. The van der Waals surface area contributed by atoms with Gasteiger partial charge in [0.2, 0.25) is 5.91 Å². The first kappa shape index (κ1) is 13.5. The molecule has 0 aromatic carbocycles. The highest BCUT2D eigenvalue weighted by Gasteiger charge is 2.21. The number of carbonyl (C=O) groups is 2. The van der Waals surface area contributed by atoms with Crippen LogP contribution in [0, 0.1) is 0 Å². The standard InChI is InChI=1S/C11H16N4O4/c1-7-4-8(2-3-19-7)12-10(16)6-15-5-9(11(17)18)13-14-15/h5,7-8H,2-4,6H2,1H3,(H,12,16)(H,17,18). The summed E-state index contributed by atoms with van der Waals surface area (Å²) in [4.78, 5) is 22.4. The summed E-state index contributed by atoms with van der Waals surface area (Å²) in [5.41, 5.74) is -0.174. The molecule has 2 unspecified atom stereocenters. The highest BCUT2D eigenvalue weighted by Crippen LogP contribution is 2.12. The van der Waals surface area contributed by atoms with Crippen molar-refractivity contribution in [2.24, 2.45) is 0 Å². The van der Waals surface area contributed by atoms with Crippen LogP contribution >= 0.6 is 0 Å². The summed E-state index contributed by atoms with van der Waals surface area (Å²) in [7, 11) is 0. The molecule has 104 valence electrons. The van der Waals surface area contributed by atoms with Gasteiger partial charge >= 0.3 is 5.97 Å². The number of rotatable bonds is 4. The second kappa shape index (κ2) is 5.79. The van der Waals surface area contributed by atoms with E-state index in [4.69, 9.17) is 9.84 Å². The molecule has 8 nitrogen and oxygen atoms in total. The van der Waals surface area contributed by atoms with E-state index >= 15 is 0 Å². The number of nitrogens with one attached hydrogen (secondary N) is 1. The summed E-state index contributed by atoms with van der Waals surface area (Å²) in [6.07, 6.45) is 2.94. The van der Waals surface area contributed by atoms with Gasteiger partial charge in [-0.05, 0) is 19.8 Å². The average Bonchev–Trinajstić information content (AvgIpc) is 2.77. The average molecular weight is 268 g/mol. The van der Waals surface area contributed by atoms with E-state index in [2.05, 4.69) is 15.6 Å². The monoisotopic (exact) mass is 268 g/mol. The Labute approximate surface area is 109 Å². The van der Waals surface area contributed by atoms with Crippen molar-refractivity contribution in [1.82, 2.24) is 20.3 Å². The Hall–Kier alpha value is -1.96. The van der Waals surface area contributed by atoms with Crippen LogP contribution in [0.15, 0.2) is 6.20 Å². The highest BCUT2D eigenvalue weighted by molar-refractivity contribution is 5.84. The first-order valence-electron chi connectivity index (χ1n) is 6.09. The van der Waals surface area contributed by atoms with Crippen molar-refractivity contribution in [2.45, 2.75) is 38.5 Å². The third-order valence-electron chi connectivity index (χ3n) is 2.91. The van der Waals surface area contributed by atoms with E-state index in [0.717, 1.165) is 12.8 Å². The number of nitrogens with zero attached hydrogens (tertiary/aromatic N) is 3. The van der Waals surface area contributed by atoms with E-state index < -0.39 is 5.97 Å². The summed E-state index contributed by atoms with van der Waals surface area (Å²) in [6.45, 7) is 2.57. The van der Waals surface area contributed by atoms with Crippen molar-refractivity contribution in [1.29, 1.82) is 0 Å². The Morgan fingerprint density at radius 2 is 2.42 bits per heavy atom. The summed E-state index contributed by atoms with van der Waals surface area (Å²) in [5, 5.41) is 18.6. The topological polar surface area (TPSA) is 106 Å². The van der Waals surface area contributed by atoms with Crippen molar-refractivity contribution >= 4 is 11.9 Å². The van der Waals surface area contributed by atoms with Gasteiger partial charge in [0.1, 0.15) is 6.54 Å². The second-order valence-corrected chi connectivity index (χ2v) is 4.58. The molecule has 1 aliphatic heterocycles. The lowest BCUT2D eigenvalue weighted by Gasteiger charge is -2.27. The van der Waals surface area contributed by atoms with Gasteiger partial charge in [-0.25, -0.2) is 9.48 Å². The van der Waals surface area contributed by atoms with Crippen molar-refractivity contribution in [3.8, 4) is 0 Å². The molecule has 1 aromatic heterocycles. The van der Waals surface area contributed by atoms with Crippen molar-refractivity contribution in [3.63, 3.8) is 0 Å². The number of carboxylic acids is 1. The minimum Gasteiger partial charge on any atom is -0.476 e. The molecule has 1 saturated heterocycles. The molecule has 0 spiro atoms. The Morgan fingerprint density at radius 3 is 3.05 bits per heavy atom. The van der Waals surface area contributed by atoms with E-state index in [0.29, 0.717) is 6.61 Å². The molecule has 0 radical (unpaired) electrons. The van der Waals surface area contributed by atoms with Crippen LogP contribution in [-0.4, -0.2) is 50.7 Å². The summed E-state index contributed by atoms with van der Waals surface area (Å²) < 4.78 is 6.60. The molecule has 0 saturated carbocycles. The van der Waals surface area contributed by atoms with Crippen LogP contribution in [0.4, 0.5) is 0 Å². The smallest absolute Gasteiger partial charge is 0.358 e. The molecule has 2 rings (SSSR count). The van der Waals surface area contributed by atoms with E-state index in [1.165, 1.54) is 10.9 Å². The maximum atomic E-state index is 11.8. The fourth-order valence-electron chi connectivity index (χ4n) is 2.02. The van der Waals surface area contributed by atoms with Crippen molar-refractivity contribution in [3.05, 3.63) is 11.9 Å². The Balaban J connectivity index is 1.84. The lowest BCUT2D eigenvalue weighted by atomic mass is 10.0. The summed E-state index contributed by atoms with van der Waals surface area (Å²) in [5.74, 6) is -1.37. The molecular weight excluding hydrogens is 252 g/mol. The fraction of sp³-hybridized carbons (Fsp3) is 0.636. The van der Waals surface area contributed by atoms with E-state index in [-0.39, 0.29) is 30.3 Å². The number of carbonyl (C=O) groups excluding carboxylic acids is 1. The molecule has 2 atom stereocenters. The van der Waals surface area contributed by atoms with Gasteiger partial charge < -0.3 is 15.2 Å². The van der Waals surface area contributed by atoms with Gasteiger partial charge in [0.05, 0.1) is 12.3 Å². The van der Waals surface area contributed by atoms with Gasteiger partial charge in [-0.2, -0.15) is 0 Å². The van der Waals surface area contributed by atoms with Gasteiger partial charge in [-0.1, -0.05) is 5.21 Å². The Bertz CT molecular complexity index is 473. The van der Waals surface area contributed by atoms with Crippen molar-refractivity contribution in [2.75, 3.05) is 6.61 Å². The molecule has 8 heteroatoms. The SMILES string of the molecule is CC1CC(NC(=O)Cn2cc(C(=O)O)nn2)CCO1. The Kier molecular flexibility index (Phi) is 4.10. The molecular formula is C11H16N4O4. The van der Waals surface area contributed by atoms with Crippen molar-refractivity contribution < 1.29 is 19.4 Å². The highest BCUT2D eigenvalue weighted by atomic mass is 16.5. The molecule has 1 aromatic rings. The molecule has 1 amide bonds. The van der Waals surface area contributed by atoms with Crippen LogP contribution in [0.3, 0.4) is 0 Å². The number of hydrogen-bond donors (Lipinski definition) is 2. The summed E-state index contributed by atoms with van der Waals surface area (Å²) in [6, 6.07) is 0.0960.